The van der Waals surface area contributed by atoms with Gasteiger partial charge in [0.25, 0.3) is 0 Å². The van der Waals surface area contributed by atoms with Crippen molar-refractivity contribution < 1.29 is 52.7 Å². The third kappa shape index (κ3) is 11.0. The first-order valence-corrected chi connectivity index (χ1v) is 22.8. The zero-order valence-electron chi connectivity index (χ0n) is 36.7. The maximum Gasteiger partial charge on any atom is 0.412 e. The number of halogens is 1. The highest BCUT2D eigenvalue weighted by molar-refractivity contribution is 6.03. The Morgan fingerprint density at radius 2 is 1.78 bits per heavy atom. The molecule has 0 aromatic heterocycles. The highest BCUT2D eigenvalue weighted by Crippen LogP contribution is 2.62. The van der Waals surface area contributed by atoms with Crippen LogP contribution >= 0.6 is 0 Å². The number of aliphatic hydroxyl groups is 2. The zero-order chi connectivity index (χ0) is 44.9. The van der Waals surface area contributed by atoms with E-state index in [0.717, 1.165) is 55.2 Å². The van der Waals surface area contributed by atoms with Crippen LogP contribution in [0.5, 0.6) is 11.5 Å². The van der Waals surface area contributed by atoms with E-state index in [9.17, 15) is 24.2 Å². The number of unbranched alkanes of at least 4 members (excludes halogenated alkanes) is 2. The van der Waals surface area contributed by atoms with E-state index in [1.165, 1.54) is 12.1 Å². The molecule has 2 aliphatic heterocycles. The van der Waals surface area contributed by atoms with Crippen molar-refractivity contribution in [2.75, 3.05) is 33.0 Å². The van der Waals surface area contributed by atoms with E-state index in [0.29, 0.717) is 48.6 Å². The lowest BCUT2D eigenvalue weighted by Gasteiger charge is -2.59. The molecular weight excluding hydrogens is 822 g/mol. The molecule has 3 aromatic rings. The third-order valence-corrected chi connectivity index (χ3v) is 12.7. The first kappa shape index (κ1) is 46.7. The summed E-state index contributed by atoms with van der Waals surface area (Å²) in [5, 5.41) is 27.6. The minimum absolute atomic E-state index is 0.0173. The average molecular weight is 884 g/mol. The number of hydrogen-bond donors (Lipinski definition) is 3. The summed E-state index contributed by atoms with van der Waals surface area (Å²) in [5.41, 5.74) is 3.82. The van der Waals surface area contributed by atoms with Crippen LogP contribution in [0.2, 0.25) is 0 Å². The smallest absolute Gasteiger partial charge is 0.412 e. The van der Waals surface area contributed by atoms with Gasteiger partial charge < -0.3 is 44.1 Å². The molecule has 0 radical (unpaired) electrons. The molecular formula is C50H62FN3O10. The van der Waals surface area contributed by atoms with E-state index >= 15 is 0 Å². The molecule has 0 bridgehead atoms. The van der Waals surface area contributed by atoms with E-state index in [-0.39, 0.29) is 63.7 Å². The van der Waals surface area contributed by atoms with Gasteiger partial charge in [-0.15, -0.1) is 6.58 Å². The quantitative estimate of drug-likeness (QED) is 0.0569. The number of carbonyl (C=O) groups is 2. The van der Waals surface area contributed by atoms with Gasteiger partial charge in [0.05, 0.1) is 31.5 Å². The number of carbonyl (C=O) groups excluding carboxylic acids is 2. The van der Waals surface area contributed by atoms with Crippen LogP contribution in [0.4, 0.5) is 14.0 Å². The van der Waals surface area contributed by atoms with Crippen LogP contribution in [0.25, 0.3) is 0 Å². The zero-order valence-corrected chi connectivity index (χ0v) is 36.7. The lowest BCUT2D eigenvalue weighted by molar-refractivity contribution is -0.256. The Morgan fingerprint density at radius 1 is 1.00 bits per heavy atom. The summed E-state index contributed by atoms with van der Waals surface area (Å²) in [6.07, 6.45) is 8.98. The van der Waals surface area contributed by atoms with Gasteiger partial charge >= 0.3 is 12.2 Å². The Morgan fingerprint density at radius 3 is 2.50 bits per heavy atom. The van der Waals surface area contributed by atoms with Crippen LogP contribution in [-0.2, 0) is 32.1 Å². The first-order chi connectivity index (χ1) is 31.3. The van der Waals surface area contributed by atoms with Crippen molar-refractivity contribution in [3.05, 3.63) is 120 Å². The van der Waals surface area contributed by atoms with Crippen molar-refractivity contribution in [2.45, 2.75) is 108 Å². The number of allylic oxidation sites excluding steroid dienone is 1. The molecule has 7 rings (SSSR count). The number of nitrogens with one attached hydrogen (secondary N) is 1. The Kier molecular flexibility index (Phi) is 16.5. The van der Waals surface area contributed by atoms with Gasteiger partial charge in [0.15, 0.2) is 0 Å². The van der Waals surface area contributed by atoms with E-state index in [1.807, 2.05) is 36.4 Å². The fraction of sp³-hybridized carbons (Fsp3) is 0.500. The second-order valence-electron chi connectivity index (χ2n) is 16.9. The molecule has 2 heterocycles. The summed E-state index contributed by atoms with van der Waals surface area (Å²) in [4.78, 5) is 35.5. The van der Waals surface area contributed by atoms with E-state index in [4.69, 9.17) is 33.7 Å². The van der Waals surface area contributed by atoms with E-state index in [2.05, 4.69) is 18.0 Å². The van der Waals surface area contributed by atoms with Crippen molar-refractivity contribution >= 4 is 17.9 Å². The van der Waals surface area contributed by atoms with Crippen LogP contribution in [0.1, 0.15) is 93.7 Å². The highest BCUT2D eigenvalue weighted by Gasteiger charge is 2.65. The summed E-state index contributed by atoms with van der Waals surface area (Å²) >= 11 is 0. The number of amides is 2. The highest BCUT2D eigenvalue weighted by atomic mass is 19.1. The molecule has 7 atom stereocenters. The average Bonchev–Trinajstić information content (AvgIpc) is 3.31. The molecule has 2 aliphatic carbocycles. The second kappa shape index (κ2) is 22.6. The Bertz CT molecular complexity index is 2080. The van der Waals surface area contributed by atoms with Crippen molar-refractivity contribution in [3.63, 3.8) is 0 Å². The van der Waals surface area contributed by atoms with Gasteiger partial charge in [0.2, 0.25) is 12.1 Å². The number of rotatable bonds is 20. The van der Waals surface area contributed by atoms with Crippen molar-refractivity contribution in [3.8, 4) is 11.5 Å². The molecule has 2 amide bonds. The third-order valence-electron chi connectivity index (χ3n) is 12.7. The Hall–Kier alpha value is -5.28. The Labute approximate surface area is 375 Å². The van der Waals surface area contributed by atoms with Gasteiger partial charge in [0.1, 0.15) is 23.4 Å². The number of fused-ring (bicyclic) bond motifs is 2. The minimum Gasteiger partial charge on any atom is -0.459 e. The first-order valence-electron chi connectivity index (χ1n) is 22.8. The second-order valence-corrected chi connectivity index (χ2v) is 16.9. The predicted molar refractivity (Wildman–Crippen MR) is 238 cm³/mol. The van der Waals surface area contributed by atoms with Crippen LogP contribution < -0.4 is 14.8 Å². The lowest BCUT2D eigenvalue weighted by atomic mass is 9.55. The molecule has 7 unspecified atom stereocenters. The largest absolute Gasteiger partial charge is 0.459 e. The van der Waals surface area contributed by atoms with Crippen molar-refractivity contribution in [2.24, 2.45) is 22.9 Å². The molecule has 1 saturated heterocycles. The molecule has 3 N–H and O–H groups in total. The van der Waals surface area contributed by atoms with Crippen LogP contribution in [-0.4, -0.2) is 84.2 Å². The van der Waals surface area contributed by atoms with Crippen LogP contribution in [0.15, 0.2) is 102 Å². The molecule has 13 nitrogen and oxygen atoms in total. The fourth-order valence-corrected chi connectivity index (χ4v) is 9.84. The molecule has 14 heteroatoms. The molecule has 344 valence electrons. The lowest BCUT2D eigenvalue weighted by Crippen LogP contribution is -2.70. The molecule has 4 aliphatic rings. The van der Waals surface area contributed by atoms with Crippen LogP contribution in [0.3, 0.4) is 0 Å². The summed E-state index contributed by atoms with van der Waals surface area (Å²) in [7, 11) is 0. The summed E-state index contributed by atoms with van der Waals surface area (Å²) in [5.74, 6) is -2.22. The number of benzene rings is 3. The summed E-state index contributed by atoms with van der Waals surface area (Å²) in [6.45, 7) is 6.87. The maximum atomic E-state index is 14.4. The van der Waals surface area contributed by atoms with Gasteiger partial charge in [-0.2, -0.15) is 0 Å². The number of aliphatic hydroxyl groups excluding tert-OH is 2. The minimum atomic E-state index is -1.56. The SMILES string of the molecule is C=CCOC12Oc3ccc(OC(=O)NCc4ccccc4)cc3C3C(CCCCO)C(CCCCO)C=C(C(=NOC4CCCCO4)CC1N(Cc1ccc(F)cc1)C(=O)OCC)C32. The van der Waals surface area contributed by atoms with Gasteiger partial charge in [-0.3, -0.25) is 4.90 Å². The molecule has 2 fully saturated rings. The van der Waals surface area contributed by atoms with Gasteiger partial charge in [-0.05, 0) is 104 Å². The molecule has 64 heavy (non-hydrogen) atoms. The summed E-state index contributed by atoms with van der Waals surface area (Å²) < 4.78 is 46.3. The normalized spacial score (nSPS) is 25.2. The number of ether oxygens (including phenoxy) is 5. The number of nitrogens with zero attached hydrogens (tertiary/aromatic N) is 2. The fourth-order valence-electron chi connectivity index (χ4n) is 9.84. The molecule has 0 spiro atoms. The van der Waals surface area contributed by atoms with E-state index < -0.39 is 42.0 Å². The number of oxime groups is 1. The molecule has 3 aromatic carbocycles. The number of hydrogen-bond acceptors (Lipinski definition) is 11. The monoisotopic (exact) mass is 883 g/mol. The maximum absolute atomic E-state index is 14.4. The predicted octanol–water partition coefficient (Wildman–Crippen LogP) is 8.93. The Balaban J connectivity index is 1.40. The van der Waals surface area contributed by atoms with Gasteiger partial charge in [0, 0.05) is 50.6 Å². The van der Waals surface area contributed by atoms with Crippen molar-refractivity contribution in [1.82, 2.24) is 10.2 Å². The van der Waals surface area contributed by atoms with E-state index in [1.54, 1.807) is 42.2 Å². The molecule has 1 saturated carbocycles. The van der Waals surface area contributed by atoms with Gasteiger partial charge in [-0.25, -0.2) is 14.0 Å². The standard InChI is InChI=1S/C50H62FN3O10/c1-3-27-61-50-44(54(49(58)59-4-2)33-35-19-21-37(51)22-20-35)31-42(53-64-45-18-10-13-28-60-45)40-29-36(16-8-11-25-55)39(17-9-12-26-56)46(47(40)50)41-30-38(23-24-43(41)63-50)62-48(57)52-32-34-14-6-5-7-15-34/h3,5-7,14-15,19-24,29-30,36,39,44-47,55-56H,1,4,8-13,16-18,25-28,31-33H2,2H3,(H,52,57). The van der Waals surface area contributed by atoms with Gasteiger partial charge in [-0.1, -0.05) is 72.6 Å². The topological polar surface area (TPSA) is 158 Å². The summed E-state index contributed by atoms with van der Waals surface area (Å²) in [6, 6.07) is 20.0. The van der Waals surface area contributed by atoms with Crippen molar-refractivity contribution in [1.29, 1.82) is 0 Å². The van der Waals surface area contributed by atoms with Crippen LogP contribution in [0, 0.1) is 23.6 Å².